The van der Waals surface area contributed by atoms with E-state index >= 15 is 0 Å². The Balaban J connectivity index is 2.68. The fourth-order valence-corrected chi connectivity index (χ4v) is 1.79. The number of unbranched alkanes of at least 4 members (excludes halogenated alkanes) is 1. The number of anilines is 1. The maximum Gasteiger partial charge on any atom is 0.253 e. The number of rotatable bonds is 9. The summed E-state index contributed by atoms with van der Waals surface area (Å²) in [5.41, 5.74) is 6.24. The van der Waals surface area contributed by atoms with Gasteiger partial charge in [-0.1, -0.05) is 25.5 Å². The number of hydrogen-bond donors (Lipinski definition) is 3. The minimum Gasteiger partial charge on any atom is -0.369 e. The molecule has 6 nitrogen and oxygen atoms in total. The molecule has 0 aromatic heterocycles. The molecule has 0 radical (unpaired) electrons. The monoisotopic (exact) mass is 307 g/mol. The molecule has 2 amide bonds. The van der Waals surface area contributed by atoms with Gasteiger partial charge in [0.1, 0.15) is 6.10 Å². The molecule has 6 heteroatoms. The summed E-state index contributed by atoms with van der Waals surface area (Å²) in [6.07, 6.45) is 1.36. The van der Waals surface area contributed by atoms with Crippen LogP contribution in [0.2, 0.25) is 0 Å². The lowest BCUT2D eigenvalue weighted by Crippen LogP contribution is -2.32. The molecule has 1 unspecified atom stereocenters. The van der Waals surface area contributed by atoms with E-state index in [0.29, 0.717) is 30.9 Å². The molecule has 22 heavy (non-hydrogen) atoms. The highest BCUT2D eigenvalue weighted by atomic mass is 16.5. The molecule has 4 N–H and O–H groups in total. The molecular formula is C16H25N3O3. The van der Waals surface area contributed by atoms with Crippen molar-refractivity contribution >= 4 is 17.5 Å². The first-order valence-electron chi connectivity index (χ1n) is 7.59. The molecule has 0 fully saturated rings. The van der Waals surface area contributed by atoms with Gasteiger partial charge >= 0.3 is 0 Å². The van der Waals surface area contributed by atoms with Crippen molar-refractivity contribution in [3.8, 4) is 0 Å². The van der Waals surface area contributed by atoms with E-state index in [1.807, 2.05) is 0 Å². The fourth-order valence-electron chi connectivity index (χ4n) is 1.79. The van der Waals surface area contributed by atoms with Crippen molar-refractivity contribution in [1.82, 2.24) is 5.32 Å². The van der Waals surface area contributed by atoms with Crippen molar-refractivity contribution in [3.63, 3.8) is 0 Å². The van der Waals surface area contributed by atoms with Gasteiger partial charge in [0.2, 0.25) is 0 Å². The number of carbonyl (C=O) groups excluding carboxylic acids is 2. The second kappa shape index (κ2) is 9.92. The van der Waals surface area contributed by atoms with Crippen molar-refractivity contribution in [2.75, 3.05) is 25.0 Å². The third-order valence-corrected chi connectivity index (χ3v) is 3.09. The molecule has 0 saturated carbocycles. The average molecular weight is 307 g/mol. The molecule has 1 atom stereocenters. The van der Waals surface area contributed by atoms with Crippen molar-refractivity contribution < 1.29 is 14.3 Å². The van der Waals surface area contributed by atoms with E-state index in [1.165, 1.54) is 0 Å². The molecule has 0 aliphatic heterocycles. The van der Waals surface area contributed by atoms with Gasteiger partial charge in [-0.2, -0.15) is 0 Å². The minimum absolute atomic E-state index is 0.263. The van der Waals surface area contributed by atoms with Gasteiger partial charge in [-0.25, -0.2) is 0 Å². The number of hydrogen-bond acceptors (Lipinski definition) is 4. The van der Waals surface area contributed by atoms with E-state index in [9.17, 15) is 9.59 Å². The first-order valence-corrected chi connectivity index (χ1v) is 7.59. The molecule has 1 rings (SSSR count). The lowest BCUT2D eigenvalue weighted by molar-refractivity contribution is -0.126. The van der Waals surface area contributed by atoms with E-state index in [-0.39, 0.29) is 11.8 Å². The van der Waals surface area contributed by atoms with Crippen molar-refractivity contribution in [1.29, 1.82) is 0 Å². The van der Waals surface area contributed by atoms with Crippen molar-refractivity contribution in [3.05, 3.63) is 29.8 Å². The summed E-state index contributed by atoms with van der Waals surface area (Å²) in [4.78, 5) is 24.1. The summed E-state index contributed by atoms with van der Waals surface area (Å²) >= 11 is 0. The van der Waals surface area contributed by atoms with Crippen LogP contribution in [0.5, 0.6) is 0 Å². The lowest BCUT2D eigenvalue weighted by Gasteiger charge is -2.15. The van der Waals surface area contributed by atoms with E-state index in [2.05, 4.69) is 17.6 Å². The van der Waals surface area contributed by atoms with Gasteiger partial charge in [0.15, 0.2) is 0 Å². The highest BCUT2D eigenvalue weighted by molar-refractivity contribution is 6.04. The summed E-state index contributed by atoms with van der Waals surface area (Å²) in [6, 6.07) is 6.85. The van der Waals surface area contributed by atoms with Crippen LogP contribution in [-0.2, 0) is 9.53 Å². The van der Waals surface area contributed by atoms with Crippen LogP contribution >= 0.6 is 0 Å². The van der Waals surface area contributed by atoms with Crippen LogP contribution in [0.1, 0.15) is 37.0 Å². The first kappa shape index (κ1) is 18.1. The molecule has 0 bridgehead atoms. The summed E-state index contributed by atoms with van der Waals surface area (Å²) in [5, 5.41) is 5.43. The summed E-state index contributed by atoms with van der Waals surface area (Å²) in [6.45, 7) is 5.05. The molecule has 1 aromatic carbocycles. The molecule has 0 saturated heterocycles. The Kier molecular flexibility index (Phi) is 8.17. The Bertz CT molecular complexity index is 491. The second-order valence-corrected chi connectivity index (χ2v) is 4.95. The van der Waals surface area contributed by atoms with E-state index in [4.69, 9.17) is 10.5 Å². The van der Waals surface area contributed by atoms with Crippen LogP contribution in [0.4, 0.5) is 5.69 Å². The Morgan fingerprint density at radius 2 is 2.05 bits per heavy atom. The van der Waals surface area contributed by atoms with Gasteiger partial charge in [0.25, 0.3) is 11.8 Å². The van der Waals surface area contributed by atoms with Crippen molar-refractivity contribution in [2.45, 2.75) is 32.8 Å². The van der Waals surface area contributed by atoms with Crippen LogP contribution in [0.15, 0.2) is 24.3 Å². The summed E-state index contributed by atoms with van der Waals surface area (Å²) in [7, 11) is 0. The van der Waals surface area contributed by atoms with Gasteiger partial charge in [-0.3, -0.25) is 9.59 Å². The molecule has 1 aromatic rings. The third kappa shape index (κ3) is 5.83. The van der Waals surface area contributed by atoms with Crippen LogP contribution < -0.4 is 16.4 Å². The first-order chi connectivity index (χ1) is 10.6. The summed E-state index contributed by atoms with van der Waals surface area (Å²) in [5.74, 6) is -0.531. The smallest absolute Gasteiger partial charge is 0.253 e. The van der Waals surface area contributed by atoms with Crippen LogP contribution in [0.25, 0.3) is 0 Å². The number of ether oxygens (including phenoxy) is 1. The zero-order valence-corrected chi connectivity index (χ0v) is 13.2. The molecule has 122 valence electrons. The average Bonchev–Trinajstić information content (AvgIpc) is 2.53. The zero-order valence-electron chi connectivity index (χ0n) is 13.2. The standard InChI is InChI=1S/C16H25N3O3/c1-3-4-11-22-12(2)15(20)19-14-8-6-5-7-13(14)16(21)18-10-9-17/h5-8,12H,3-4,9-11,17H2,1-2H3,(H,18,21)(H,19,20). The second-order valence-electron chi connectivity index (χ2n) is 4.95. The fraction of sp³-hybridized carbons (Fsp3) is 0.500. The van der Waals surface area contributed by atoms with E-state index in [0.717, 1.165) is 12.8 Å². The highest BCUT2D eigenvalue weighted by Crippen LogP contribution is 2.15. The van der Waals surface area contributed by atoms with Gasteiger partial charge < -0.3 is 21.1 Å². The summed E-state index contributed by atoms with van der Waals surface area (Å²) < 4.78 is 5.45. The van der Waals surface area contributed by atoms with Gasteiger partial charge in [-0.05, 0) is 25.5 Å². The zero-order chi connectivity index (χ0) is 16.4. The molecule has 0 spiro atoms. The predicted octanol–water partition coefficient (Wildman–Crippen LogP) is 1.52. The molecule has 0 aliphatic rings. The molecule has 0 heterocycles. The number of nitrogens with one attached hydrogen (secondary N) is 2. The SMILES string of the molecule is CCCCOC(C)C(=O)Nc1ccccc1C(=O)NCCN. The third-order valence-electron chi connectivity index (χ3n) is 3.09. The minimum atomic E-state index is -0.563. The van der Waals surface area contributed by atoms with E-state index in [1.54, 1.807) is 31.2 Å². The molecular weight excluding hydrogens is 282 g/mol. The Morgan fingerprint density at radius 1 is 1.32 bits per heavy atom. The van der Waals surface area contributed by atoms with Gasteiger partial charge in [0.05, 0.1) is 11.3 Å². The normalized spacial score (nSPS) is 11.8. The topological polar surface area (TPSA) is 93.4 Å². The number of para-hydroxylation sites is 1. The van der Waals surface area contributed by atoms with E-state index < -0.39 is 6.10 Å². The predicted molar refractivity (Wildman–Crippen MR) is 86.8 cm³/mol. The Morgan fingerprint density at radius 3 is 2.73 bits per heavy atom. The quantitative estimate of drug-likeness (QED) is 0.603. The van der Waals surface area contributed by atoms with Crippen molar-refractivity contribution in [2.24, 2.45) is 5.73 Å². The number of carbonyl (C=O) groups is 2. The van der Waals surface area contributed by atoms with Crippen LogP contribution in [0, 0.1) is 0 Å². The largest absolute Gasteiger partial charge is 0.369 e. The number of benzene rings is 1. The van der Waals surface area contributed by atoms with Crippen LogP contribution in [0.3, 0.4) is 0 Å². The Hall–Kier alpha value is -1.92. The Labute approximate surface area is 131 Å². The van der Waals surface area contributed by atoms with Gasteiger partial charge in [0, 0.05) is 19.7 Å². The maximum absolute atomic E-state index is 12.1. The number of nitrogens with two attached hydrogens (primary N) is 1. The lowest BCUT2D eigenvalue weighted by atomic mass is 10.1. The van der Waals surface area contributed by atoms with Crippen LogP contribution in [-0.4, -0.2) is 37.6 Å². The highest BCUT2D eigenvalue weighted by Gasteiger charge is 2.17. The van der Waals surface area contributed by atoms with Gasteiger partial charge in [-0.15, -0.1) is 0 Å². The maximum atomic E-state index is 12.1. The molecule has 0 aliphatic carbocycles. The number of amides is 2.